The van der Waals surface area contributed by atoms with Crippen LogP contribution in [0.5, 0.6) is 11.6 Å². The van der Waals surface area contributed by atoms with Gasteiger partial charge in [0, 0.05) is 5.56 Å². The summed E-state index contributed by atoms with van der Waals surface area (Å²) in [6.45, 7) is 8.39. The standard InChI is InChI=1S/C13H7BrFN3O3/c1-7-11(18(19)20)6-17-13(12(7)14)21-8-3-4-9(15)10(5-8)16-2/h3-6H,1H3. The Labute approximate surface area is 127 Å². The van der Waals surface area contributed by atoms with Crippen molar-refractivity contribution in [1.29, 1.82) is 0 Å². The zero-order valence-corrected chi connectivity index (χ0v) is 12.2. The molecule has 0 bridgehead atoms. The molecular formula is C13H7BrFN3O3. The summed E-state index contributed by atoms with van der Waals surface area (Å²) >= 11 is 3.18. The Morgan fingerprint density at radius 1 is 1.52 bits per heavy atom. The Balaban J connectivity index is 2.39. The van der Waals surface area contributed by atoms with Gasteiger partial charge in [0.15, 0.2) is 0 Å². The molecule has 0 unspecified atom stereocenters. The lowest BCUT2D eigenvalue weighted by Crippen LogP contribution is -1.97. The molecule has 0 amide bonds. The van der Waals surface area contributed by atoms with Crippen molar-refractivity contribution in [3.63, 3.8) is 0 Å². The van der Waals surface area contributed by atoms with Gasteiger partial charge in [-0.05, 0) is 41.1 Å². The van der Waals surface area contributed by atoms with Crippen molar-refractivity contribution in [3.05, 3.63) is 61.8 Å². The summed E-state index contributed by atoms with van der Waals surface area (Å²) in [6.07, 6.45) is 1.08. The highest BCUT2D eigenvalue weighted by atomic mass is 79.9. The number of aromatic nitrogens is 1. The van der Waals surface area contributed by atoms with Gasteiger partial charge in [0.05, 0.1) is 16.0 Å². The van der Waals surface area contributed by atoms with Gasteiger partial charge in [-0.25, -0.2) is 14.2 Å². The second-order valence-electron chi connectivity index (χ2n) is 3.97. The van der Waals surface area contributed by atoms with E-state index < -0.39 is 10.7 Å². The van der Waals surface area contributed by atoms with E-state index in [1.165, 1.54) is 12.1 Å². The molecular weight excluding hydrogens is 345 g/mol. The van der Waals surface area contributed by atoms with Crippen molar-refractivity contribution >= 4 is 27.3 Å². The smallest absolute Gasteiger partial charge is 0.291 e. The first-order chi connectivity index (χ1) is 9.93. The van der Waals surface area contributed by atoms with Crippen LogP contribution in [0.25, 0.3) is 4.85 Å². The van der Waals surface area contributed by atoms with E-state index in [9.17, 15) is 14.5 Å². The minimum atomic E-state index is -0.649. The molecule has 8 heteroatoms. The van der Waals surface area contributed by atoms with Crippen LogP contribution < -0.4 is 4.74 Å². The van der Waals surface area contributed by atoms with Gasteiger partial charge in [-0.1, -0.05) is 0 Å². The number of ether oxygens (including phenoxy) is 1. The summed E-state index contributed by atoms with van der Waals surface area (Å²) < 4.78 is 19.0. The quantitative estimate of drug-likeness (QED) is 0.462. The molecule has 0 N–H and O–H groups in total. The van der Waals surface area contributed by atoms with Crippen molar-refractivity contribution in [1.82, 2.24) is 4.98 Å². The average Bonchev–Trinajstić information content (AvgIpc) is 2.45. The lowest BCUT2D eigenvalue weighted by Gasteiger charge is -2.09. The molecule has 0 atom stereocenters. The van der Waals surface area contributed by atoms with Crippen molar-refractivity contribution in [2.24, 2.45) is 0 Å². The number of benzene rings is 1. The van der Waals surface area contributed by atoms with Gasteiger partial charge in [0.25, 0.3) is 5.69 Å². The molecule has 0 aliphatic heterocycles. The normalized spacial score (nSPS) is 10.0. The van der Waals surface area contributed by atoms with E-state index in [-0.39, 0.29) is 23.0 Å². The van der Waals surface area contributed by atoms with Crippen LogP contribution in [0.15, 0.2) is 28.9 Å². The maximum absolute atomic E-state index is 13.2. The number of nitrogens with zero attached hydrogens (tertiary/aromatic N) is 3. The highest BCUT2D eigenvalue weighted by molar-refractivity contribution is 9.10. The van der Waals surface area contributed by atoms with Gasteiger partial charge in [0.2, 0.25) is 11.6 Å². The Hall–Kier alpha value is -2.53. The van der Waals surface area contributed by atoms with E-state index in [1.54, 1.807) is 6.92 Å². The second kappa shape index (κ2) is 5.85. The topological polar surface area (TPSA) is 69.6 Å². The molecule has 106 valence electrons. The Morgan fingerprint density at radius 2 is 2.24 bits per heavy atom. The molecule has 1 heterocycles. The predicted molar refractivity (Wildman–Crippen MR) is 76.1 cm³/mol. The first kappa shape index (κ1) is 14.9. The number of pyridine rings is 1. The molecule has 0 radical (unpaired) electrons. The van der Waals surface area contributed by atoms with Crippen LogP contribution >= 0.6 is 15.9 Å². The zero-order chi connectivity index (χ0) is 15.6. The first-order valence-corrected chi connectivity index (χ1v) is 6.37. The van der Waals surface area contributed by atoms with Crippen LogP contribution in [-0.2, 0) is 0 Å². The predicted octanol–water partition coefficient (Wildman–Crippen LogP) is 4.54. The van der Waals surface area contributed by atoms with Gasteiger partial charge >= 0.3 is 0 Å². The number of hydrogen-bond acceptors (Lipinski definition) is 4. The molecule has 6 nitrogen and oxygen atoms in total. The van der Waals surface area contributed by atoms with Crippen molar-refractivity contribution in [2.45, 2.75) is 6.92 Å². The van der Waals surface area contributed by atoms with Crippen LogP contribution in [-0.4, -0.2) is 9.91 Å². The number of halogens is 2. The van der Waals surface area contributed by atoms with Crippen LogP contribution in [0.3, 0.4) is 0 Å². The summed E-state index contributed by atoms with van der Waals surface area (Å²) in [5.74, 6) is -0.339. The Bertz CT molecular complexity index is 774. The molecule has 0 saturated carbocycles. The van der Waals surface area contributed by atoms with Crippen LogP contribution in [0, 0.1) is 29.4 Å². The molecule has 21 heavy (non-hydrogen) atoms. The second-order valence-corrected chi connectivity index (χ2v) is 4.76. The van der Waals surface area contributed by atoms with Gasteiger partial charge in [-0.2, -0.15) is 0 Å². The SMILES string of the molecule is [C-]#[N+]c1cc(Oc2ncc([N+](=O)[O-])c(C)c2Br)ccc1F. The minimum Gasteiger partial charge on any atom is -0.439 e. The highest BCUT2D eigenvalue weighted by Gasteiger charge is 2.18. The van der Waals surface area contributed by atoms with E-state index in [0.717, 1.165) is 12.3 Å². The van der Waals surface area contributed by atoms with E-state index in [1.807, 2.05) is 0 Å². The molecule has 1 aromatic heterocycles. The third-order valence-electron chi connectivity index (χ3n) is 2.65. The van der Waals surface area contributed by atoms with E-state index in [4.69, 9.17) is 11.3 Å². The largest absolute Gasteiger partial charge is 0.439 e. The fourth-order valence-corrected chi connectivity index (χ4v) is 1.94. The van der Waals surface area contributed by atoms with Crippen molar-refractivity contribution < 1.29 is 14.1 Å². The molecule has 0 saturated heterocycles. The fourth-order valence-electron chi connectivity index (χ4n) is 1.55. The first-order valence-electron chi connectivity index (χ1n) is 5.58. The Morgan fingerprint density at radius 3 is 2.86 bits per heavy atom. The van der Waals surface area contributed by atoms with Gasteiger partial charge in [-0.3, -0.25) is 10.1 Å². The summed E-state index contributed by atoms with van der Waals surface area (Å²) in [5.41, 5.74) is 0.0370. The molecule has 0 fully saturated rings. The van der Waals surface area contributed by atoms with Crippen LogP contribution in [0.4, 0.5) is 15.8 Å². The van der Waals surface area contributed by atoms with Crippen molar-refractivity contribution in [2.75, 3.05) is 0 Å². The van der Waals surface area contributed by atoms with Gasteiger partial charge in [0.1, 0.15) is 17.8 Å². The third kappa shape index (κ3) is 2.98. The zero-order valence-electron chi connectivity index (χ0n) is 10.6. The fraction of sp³-hybridized carbons (Fsp3) is 0.0769. The molecule has 0 spiro atoms. The Kier molecular flexibility index (Phi) is 4.14. The van der Waals surface area contributed by atoms with Crippen LogP contribution in [0.2, 0.25) is 0 Å². The minimum absolute atomic E-state index is 0.0978. The summed E-state index contributed by atoms with van der Waals surface area (Å²) in [7, 11) is 0. The summed E-state index contributed by atoms with van der Waals surface area (Å²) in [4.78, 5) is 17.1. The van der Waals surface area contributed by atoms with Gasteiger partial charge in [-0.15, -0.1) is 0 Å². The van der Waals surface area contributed by atoms with E-state index in [2.05, 4.69) is 25.8 Å². The molecule has 0 aliphatic rings. The molecule has 0 aliphatic carbocycles. The lowest BCUT2D eigenvalue weighted by molar-refractivity contribution is -0.385. The molecule has 2 aromatic rings. The summed E-state index contributed by atoms with van der Waals surface area (Å²) in [6, 6.07) is 3.68. The summed E-state index contributed by atoms with van der Waals surface area (Å²) in [5, 5.41) is 10.8. The molecule has 1 aromatic carbocycles. The van der Waals surface area contributed by atoms with E-state index in [0.29, 0.717) is 10.0 Å². The maximum Gasteiger partial charge on any atom is 0.291 e. The number of rotatable bonds is 3. The number of nitro groups is 1. The lowest BCUT2D eigenvalue weighted by atomic mass is 10.2. The van der Waals surface area contributed by atoms with Crippen molar-refractivity contribution in [3.8, 4) is 11.6 Å². The highest BCUT2D eigenvalue weighted by Crippen LogP contribution is 2.35. The van der Waals surface area contributed by atoms with Gasteiger partial charge < -0.3 is 4.74 Å². The maximum atomic E-state index is 13.2. The monoisotopic (exact) mass is 351 g/mol. The average molecular weight is 352 g/mol. The van der Waals surface area contributed by atoms with E-state index >= 15 is 0 Å². The third-order valence-corrected chi connectivity index (χ3v) is 3.59. The number of hydrogen-bond donors (Lipinski definition) is 0. The molecule has 2 rings (SSSR count). The van der Waals surface area contributed by atoms with Crippen LogP contribution in [0.1, 0.15) is 5.56 Å².